The van der Waals surface area contributed by atoms with Crippen molar-refractivity contribution >= 4 is 5.78 Å². The highest BCUT2D eigenvalue weighted by atomic mass is 16.3. The first kappa shape index (κ1) is 2.67. The normalized spacial score (nSPS) is 27.5. The van der Waals surface area contributed by atoms with Crippen LogP contribution in [0.3, 0.4) is 0 Å². The second-order valence-electron chi connectivity index (χ2n) is 1.75. The molecule has 0 aromatic heterocycles. The van der Waals surface area contributed by atoms with Crippen molar-refractivity contribution in [1.29, 1.82) is 0 Å². The minimum absolute atomic E-state index is 0.0949. The topological polar surface area (TPSA) is 37.3 Å². The lowest BCUT2D eigenvalue weighted by atomic mass is 10.3. The molecule has 0 fully saturated rings. The third-order valence-corrected chi connectivity index (χ3v) is 1.15. The van der Waals surface area contributed by atoms with Gasteiger partial charge in [-0.05, 0) is 18.8 Å². The van der Waals surface area contributed by atoms with Crippen LogP contribution in [0.5, 0.6) is 0 Å². The predicted octanol–water partition coefficient (Wildman–Crippen LogP) is 1.18. The van der Waals surface area contributed by atoms with Gasteiger partial charge in [0.15, 0.2) is 11.5 Å². The number of carbonyl (C=O) groups is 1. The molecule has 0 unspecified atom stereocenters. The highest BCUT2D eigenvalue weighted by molar-refractivity contribution is 5.96. The van der Waals surface area contributed by atoms with E-state index >= 15 is 0 Å². The van der Waals surface area contributed by atoms with Gasteiger partial charge in [-0.25, -0.2) is 0 Å². The highest BCUT2D eigenvalue weighted by Gasteiger charge is 2.17. The molecule has 1 aliphatic rings. The molecule has 0 aliphatic heterocycles. The van der Waals surface area contributed by atoms with Crippen LogP contribution >= 0.6 is 0 Å². The molecule has 0 aromatic carbocycles. The average molecular weight is 115 g/mol. The minimum atomic E-state index is -2.31. The van der Waals surface area contributed by atoms with E-state index in [4.69, 9.17) is 9.22 Å². The van der Waals surface area contributed by atoms with Crippen LogP contribution in [-0.4, -0.2) is 10.9 Å². The van der Waals surface area contributed by atoms with Crippen LogP contribution in [0.15, 0.2) is 11.3 Å². The van der Waals surface area contributed by atoms with Gasteiger partial charge in [0.2, 0.25) is 0 Å². The van der Waals surface area contributed by atoms with Gasteiger partial charge in [0, 0.05) is 10.5 Å². The van der Waals surface area contributed by atoms with Crippen molar-refractivity contribution in [3.63, 3.8) is 0 Å². The van der Waals surface area contributed by atoms with E-state index in [2.05, 4.69) is 0 Å². The Hall–Kier alpha value is -0.790. The molecule has 0 amide bonds. The summed E-state index contributed by atoms with van der Waals surface area (Å²) < 4.78 is 20.7. The Kier molecular flexibility index (Phi) is 0.539. The van der Waals surface area contributed by atoms with Gasteiger partial charge in [0.25, 0.3) is 0 Å². The number of carbonyl (C=O) groups excluding carboxylic acids is 1. The zero-order chi connectivity index (χ0) is 8.65. The van der Waals surface area contributed by atoms with Crippen molar-refractivity contribution in [2.24, 2.45) is 0 Å². The fourth-order valence-electron chi connectivity index (χ4n) is 0.644. The zero-order valence-corrected chi connectivity index (χ0v) is 4.27. The van der Waals surface area contributed by atoms with E-state index in [9.17, 15) is 4.79 Å². The molecule has 0 saturated heterocycles. The van der Waals surface area contributed by atoms with Crippen molar-refractivity contribution in [3.05, 3.63) is 11.3 Å². The van der Waals surface area contributed by atoms with E-state index in [1.165, 1.54) is 0 Å². The smallest absolute Gasteiger partial charge is 0.197 e. The lowest BCUT2D eigenvalue weighted by molar-refractivity contribution is -0.117. The maximum absolute atomic E-state index is 10.7. The number of aliphatic hydroxyl groups is 1. The number of hydrogen-bond acceptors (Lipinski definition) is 2. The largest absolute Gasteiger partial charge is 0.504 e. The maximum atomic E-state index is 10.7. The van der Waals surface area contributed by atoms with Crippen molar-refractivity contribution in [3.8, 4) is 0 Å². The molecule has 0 bridgehead atoms. The molecule has 0 radical (unpaired) electrons. The number of Topliss-reactive ketones (excluding diaryl/α,β-unsaturated/α-hetero) is 1. The Morgan fingerprint density at radius 1 is 1.75 bits per heavy atom. The fourth-order valence-corrected chi connectivity index (χ4v) is 0.644. The molecule has 1 N–H and O–H groups in total. The minimum Gasteiger partial charge on any atom is -0.504 e. The van der Waals surface area contributed by atoms with Gasteiger partial charge in [-0.15, -0.1) is 0 Å². The summed E-state index contributed by atoms with van der Waals surface area (Å²) >= 11 is 0. The fraction of sp³-hybridized carbons (Fsp3) is 0.500. The second kappa shape index (κ2) is 1.62. The van der Waals surface area contributed by atoms with Gasteiger partial charge >= 0.3 is 0 Å². The molecule has 0 aromatic rings. The standard InChI is InChI=1S/C6H8O2/c1-4-2-3-5(7)6(4)8/h8H,2-3H2,1H3/i1D3. The number of aliphatic hydroxyl groups excluding tert-OH is 1. The summed E-state index contributed by atoms with van der Waals surface area (Å²) in [5.41, 5.74) is -0.0949. The molecule has 1 rings (SSSR count). The van der Waals surface area contributed by atoms with Crippen molar-refractivity contribution in [2.75, 3.05) is 0 Å². The van der Waals surface area contributed by atoms with Gasteiger partial charge in [-0.2, -0.15) is 0 Å². The first-order valence-corrected chi connectivity index (χ1v) is 2.38. The monoisotopic (exact) mass is 115 g/mol. The van der Waals surface area contributed by atoms with Gasteiger partial charge in [-0.3, -0.25) is 4.79 Å². The van der Waals surface area contributed by atoms with Gasteiger partial charge in [0.1, 0.15) is 0 Å². The Morgan fingerprint density at radius 3 is 2.75 bits per heavy atom. The van der Waals surface area contributed by atoms with Crippen LogP contribution in [0.25, 0.3) is 0 Å². The van der Waals surface area contributed by atoms with Crippen molar-refractivity contribution in [1.82, 2.24) is 0 Å². The van der Waals surface area contributed by atoms with Crippen LogP contribution in [0.4, 0.5) is 0 Å². The molecule has 44 valence electrons. The molecule has 0 heterocycles. The van der Waals surface area contributed by atoms with E-state index in [1.807, 2.05) is 0 Å². The van der Waals surface area contributed by atoms with Crippen LogP contribution in [0.1, 0.15) is 23.8 Å². The molecule has 8 heavy (non-hydrogen) atoms. The van der Waals surface area contributed by atoms with Crippen LogP contribution < -0.4 is 0 Å². The molecular formula is C6H8O2. The summed E-state index contributed by atoms with van der Waals surface area (Å²) in [7, 11) is 0. The number of ketones is 1. The van der Waals surface area contributed by atoms with E-state index in [1.54, 1.807) is 0 Å². The summed E-state index contributed by atoms with van der Waals surface area (Å²) in [5.74, 6) is -1.01. The van der Waals surface area contributed by atoms with Crippen molar-refractivity contribution in [2.45, 2.75) is 19.7 Å². The Labute approximate surface area is 52.0 Å². The summed E-state index contributed by atoms with van der Waals surface area (Å²) in [6.07, 6.45) is 0.292. The lowest BCUT2D eigenvalue weighted by Gasteiger charge is -1.85. The predicted molar refractivity (Wildman–Crippen MR) is 29.6 cm³/mol. The maximum Gasteiger partial charge on any atom is 0.197 e. The zero-order valence-electron chi connectivity index (χ0n) is 7.27. The average Bonchev–Trinajstić information content (AvgIpc) is 2.11. The summed E-state index contributed by atoms with van der Waals surface area (Å²) in [5, 5.41) is 8.96. The summed E-state index contributed by atoms with van der Waals surface area (Å²) in [6.45, 7) is -2.31. The molecule has 2 heteroatoms. The molecular weight excluding hydrogens is 104 g/mol. The number of allylic oxidation sites excluding steroid dienone is 2. The first-order chi connectivity index (χ1) is 4.93. The first-order valence-electron chi connectivity index (χ1n) is 3.88. The van der Waals surface area contributed by atoms with E-state index in [0.29, 0.717) is 0 Å². The Morgan fingerprint density at radius 2 is 2.50 bits per heavy atom. The van der Waals surface area contributed by atoms with E-state index in [-0.39, 0.29) is 18.4 Å². The third kappa shape index (κ3) is 0.619. The SMILES string of the molecule is [2H]C([2H])([2H])C1=C(O)C(=O)CC1. The number of rotatable bonds is 0. The Bertz CT molecular complexity index is 226. The summed E-state index contributed by atoms with van der Waals surface area (Å²) in [4.78, 5) is 10.7. The summed E-state index contributed by atoms with van der Waals surface area (Å²) in [6, 6.07) is 0. The lowest BCUT2D eigenvalue weighted by Crippen LogP contribution is -1.92. The highest BCUT2D eigenvalue weighted by Crippen LogP contribution is 2.18. The van der Waals surface area contributed by atoms with Gasteiger partial charge in [-0.1, -0.05) is 0 Å². The number of hydrogen-bond donors (Lipinski definition) is 1. The van der Waals surface area contributed by atoms with E-state index in [0.717, 1.165) is 0 Å². The van der Waals surface area contributed by atoms with E-state index < -0.39 is 18.4 Å². The van der Waals surface area contributed by atoms with Crippen LogP contribution in [-0.2, 0) is 4.79 Å². The second-order valence-corrected chi connectivity index (χ2v) is 1.75. The Balaban J connectivity index is 2.98. The van der Waals surface area contributed by atoms with Gasteiger partial charge in [0.05, 0.1) is 0 Å². The quantitative estimate of drug-likeness (QED) is 0.514. The molecule has 0 saturated carbocycles. The molecule has 0 atom stereocenters. The van der Waals surface area contributed by atoms with Gasteiger partial charge < -0.3 is 5.11 Å². The third-order valence-electron chi connectivity index (χ3n) is 1.15. The van der Waals surface area contributed by atoms with Crippen molar-refractivity contribution < 1.29 is 14.0 Å². The van der Waals surface area contributed by atoms with Crippen LogP contribution in [0, 0.1) is 0 Å². The molecule has 0 spiro atoms. The molecule has 1 aliphatic carbocycles. The van der Waals surface area contributed by atoms with Crippen LogP contribution in [0.2, 0.25) is 0 Å². The molecule has 2 nitrogen and oxygen atoms in total.